The van der Waals surface area contributed by atoms with E-state index in [1.54, 1.807) is 43.4 Å². The lowest BCUT2D eigenvalue weighted by Crippen LogP contribution is -2.48. The number of hydrogen-bond acceptors (Lipinski definition) is 10. The van der Waals surface area contributed by atoms with Crippen molar-refractivity contribution in [3.05, 3.63) is 110 Å². The molecule has 16 heteroatoms. The molecule has 56 heavy (non-hydrogen) atoms. The summed E-state index contributed by atoms with van der Waals surface area (Å²) in [6.07, 6.45) is 0. The molecule has 0 bridgehead atoms. The fourth-order valence-corrected chi connectivity index (χ4v) is 7.34. The van der Waals surface area contributed by atoms with Crippen molar-refractivity contribution >= 4 is 90.7 Å². The number of aromatic amines is 2. The van der Waals surface area contributed by atoms with E-state index >= 15 is 0 Å². The van der Waals surface area contributed by atoms with Crippen molar-refractivity contribution in [3.8, 4) is 0 Å². The predicted molar refractivity (Wildman–Crippen MR) is 213 cm³/mol. The third-order valence-electron chi connectivity index (χ3n) is 9.79. The van der Waals surface area contributed by atoms with Gasteiger partial charge in [0.2, 0.25) is 16.8 Å². The second kappa shape index (κ2) is 14.5. The number of pyridine rings is 4. The zero-order valence-corrected chi connectivity index (χ0v) is 31.3. The van der Waals surface area contributed by atoms with Crippen molar-refractivity contribution in [2.45, 2.75) is 20.8 Å². The van der Waals surface area contributed by atoms with E-state index in [1.165, 1.54) is 6.07 Å². The van der Waals surface area contributed by atoms with Crippen LogP contribution >= 0.6 is 11.6 Å². The minimum atomic E-state index is -0.664. The summed E-state index contributed by atoms with van der Waals surface area (Å²) in [6.45, 7) is 7.90. The predicted octanol–water partition coefficient (Wildman–Crippen LogP) is 5.33. The lowest BCUT2D eigenvalue weighted by molar-refractivity contribution is -0.129. The lowest BCUT2D eigenvalue weighted by Gasteiger charge is -2.35. The van der Waals surface area contributed by atoms with Crippen LogP contribution in [0.5, 0.6) is 0 Å². The summed E-state index contributed by atoms with van der Waals surface area (Å²) < 4.78 is 13.8. The Balaban J connectivity index is 0.000000164. The molecule has 8 aromatic rings. The van der Waals surface area contributed by atoms with Gasteiger partial charge in [-0.05, 0) is 62.4 Å². The normalized spacial score (nSPS) is 13.1. The first-order valence-corrected chi connectivity index (χ1v) is 18.4. The monoisotopic (exact) mass is 774 g/mol. The topological polar surface area (TPSA) is 176 Å². The SMILES string of the molecule is CCOC(=O)c1c(=O)c2ccc(Cl)nc2n2c1[nH]c1ccccc12.CCOC(=O)c1c(=O)c2ccc(N3CCN(C(C)=O)CC3)nc2n2c1[nH]c1ccccc12. The third-order valence-corrected chi connectivity index (χ3v) is 10.0. The number of para-hydroxylation sites is 4. The van der Waals surface area contributed by atoms with Crippen LogP contribution in [-0.2, 0) is 14.3 Å². The van der Waals surface area contributed by atoms with Gasteiger partial charge in [0.05, 0.1) is 46.1 Å². The van der Waals surface area contributed by atoms with Crippen LogP contribution in [0.25, 0.3) is 55.4 Å². The number of ether oxygens (including phenoxy) is 2. The summed E-state index contributed by atoms with van der Waals surface area (Å²) in [5.41, 5.74) is 3.84. The standard InChI is InChI=1S/C23H23N5O4.C17H12ClN3O3/c1-3-32-23(31)19-20(30)15-8-9-18(27-12-10-26(11-13-27)14(2)29)25-21(15)28-17-7-5-4-6-16(17)24-22(19)28;1-2-24-17(23)13-14(22)9-7-8-12(18)20-15(9)21-11-6-4-3-5-10(11)19-16(13)21/h4-9,24H,3,10-13H2,1-2H3;3-8,19H,2H2,1H3. The fourth-order valence-electron chi connectivity index (χ4n) is 7.20. The van der Waals surface area contributed by atoms with Gasteiger partial charge < -0.3 is 29.2 Å². The van der Waals surface area contributed by atoms with Crippen LogP contribution in [0.2, 0.25) is 5.15 Å². The number of carbonyl (C=O) groups excluding carboxylic acids is 3. The highest BCUT2D eigenvalue weighted by Crippen LogP contribution is 2.27. The average Bonchev–Trinajstić information content (AvgIpc) is 3.77. The highest BCUT2D eigenvalue weighted by atomic mass is 35.5. The second-order valence-corrected chi connectivity index (χ2v) is 13.4. The van der Waals surface area contributed by atoms with Crippen LogP contribution < -0.4 is 15.8 Å². The number of fused-ring (bicyclic) bond motifs is 10. The molecule has 0 aliphatic carbocycles. The molecular weight excluding hydrogens is 740 g/mol. The summed E-state index contributed by atoms with van der Waals surface area (Å²) in [4.78, 5) is 82.2. The highest BCUT2D eigenvalue weighted by Gasteiger charge is 2.26. The first-order valence-electron chi connectivity index (χ1n) is 18.0. The van der Waals surface area contributed by atoms with E-state index in [0.29, 0.717) is 59.5 Å². The van der Waals surface area contributed by atoms with Gasteiger partial charge in [-0.3, -0.25) is 23.2 Å². The zero-order chi connectivity index (χ0) is 39.2. The van der Waals surface area contributed by atoms with Gasteiger partial charge in [-0.25, -0.2) is 19.6 Å². The van der Waals surface area contributed by atoms with Gasteiger partial charge in [0, 0.05) is 33.1 Å². The van der Waals surface area contributed by atoms with Crippen LogP contribution in [0.4, 0.5) is 5.82 Å². The molecule has 0 unspecified atom stereocenters. The number of H-pyrrole nitrogens is 2. The molecule has 15 nitrogen and oxygen atoms in total. The van der Waals surface area contributed by atoms with Crippen molar-refractivity contribution < 1.29 is 23.9 Å². The molecule has 0 atom stereocenters. The number of imidazole rings is 2. The third kappa shape index (κ3) is 6.05. The molecule has 1 amide bonds. The van der Waals surface area contributed by atoms with Crippen molar-refractivity contribution in [1.29, 1.82) is 0 Å². The van der Waals surface area contributed by atoms with Crippen molar-refractivity contribution in [3.63, 3.8) is 0 Å². The number of benzene rings is 2. The summed E-state index contributed by atoms with van der Waals surface area (Å²) in [5, 5.41) is 0.927. The number of nitrogens with zero attached hydrogens (tertiary/aromatic N) is 6. The van der Waals surface area contributed by atoms with Crippen LogP contribution in [0, 0.1) is 0 Å². The number of amides is 1. The molecule has 284 valence electrons. The molecule has 1 saturated heterocycles. The van der Waals surface area contributed by atoms with Crippen molar-refractivity contribution in [2.24, 2.45) is 0 Å². The minimum Gasteiger partial charge on any atom is -0.462 e. The van der Waals surface area contributed by atoms with Crippen LogP contribution in [0.1, 0.15) is 41.5 Å². The fraction of sp³-hybridized carbons (Fsp3) is 0.225. The van der Waals surface area contributed by atoms with Crippen LogP contribution in [0.15, 0.2) is 82.4 Å². The number of anilines is 1. The summed E-state index contributed by atoms with van der Waals surface area (Å²) in [5.74, 6) is -0.533. The second-order valence-electron chi connectivity index (χ2n) is 13.0. The summed E-state index contributed by atoms with van der Waals surface area (Å²) in [7, 11) is 0. The van der Waals surface area contributed by atoms with E-state index in [9.17, 15) is 24.0 Å². The Hall–Kier alpha value is -6.74. The maximum Gasteiger partial charge on any atom is 0.345 e. The zero-order valence-electron chi connectivity index (χ0n) is 30.6. The molecule has 1 fully saturated rings. The van der Waals surface area contributed by atoms with Gasteiger partial charge in [-0.1, -0.05) is 35.9 Å². The number of esters is 2. The Morgan fingerprint density at radius 2 is 1.16 bits per heavy atom. The molecule has 6 aromatic heterocycles. The number of hydrogen-bond donors (Lipinski definition) is 2. The summed E-state index contributed by atoms with van der Waals surface area (Å²) in [6, 6.07) is 21.7. The number of aromatic nitrogens is 6. The quantitative estimate of drug-likeness (QED) is 0.172. The maximum atomic E-state index is 13.3. The number of halogens is 1. The molecule has 1 aliphatic heterocycles. The molecule has 9 rings (SSSR count). The first kappa shape index (κ1) is 36.2. The highest BCUT2D eigenvalue weighted by molar-refractivity contribution is 6.29. The molecule has 0 saturated carbocycles. The molecule has 2 aromatic carbocycles. The Morgan fingerprint density at radius 1 is 0.679 bits per heavy atom. The average molecular weight is 775 g/mol. The first-order chi connectivity index (χ1) is 27.1. The molecule has 2 N–H and O–H groups in total. The van der Waals surface area contributed by atoms with E-state index in [4.69, 9.17) is 26.1 Å². The Kier molecular flexibility index (Phi) is 9.38. The van der Waals surface area contributed by atoms with Crippen molar-refractivity contribution in [1.82, 2.24) is 33.6 Å². The Morgan fingerprint density at radius 3 is 1.66 bits per heavy atom. The molecular formula is C40H35ClN8O7. The van der Waals surface area contributed by atoms with Gasteiger partial charge in [-0.2, -0.15) is 0 Å². The minimum absolute atomic E-state index is 0.0276. The number of rotatable bonds is 5. The van der Waals surface area contributed by atoms with Gasteiger partial charge in [-0.15, -0.1) is 0 Å². The maximum absolute atomic E-state index is 13.3. The largest absolute Gasteiger partial charge is 0.462 e. The molecule has 0 spiro atoms. The van der Waals surface area contributed by atoms with Crippen LogP contribution in [-0.4, -0.2) is 90.9 Å². The summed E-state index contributed by atoms with van der Waals surface area (Å²) >= 11 is 6.01. The lowest BCUT2D eigenvalue weighted by atomic mass is 10.1. The van der Waals surface area contributed by atoms with E-state index in [0.717, 1.165) is 27.9 Å². The van der Waals surface area contributed by atoms with Gasteiger partial charge in [0.25, 0.3) is 0 Å². The van der Waals surface area contributed by atoms with Gasteiger partial charge >= 0.3 is 11.9 Å². The molecule has 0 radical (unpaired) electrons. The smallest absolute Gasteiger partial charge is 0.345 e. The van der Waals surface area contributed by atoms with Gasteiger partial charge in [0.15, 0.2) is 11.3 Å². The van der Waals surface area contributed by atoms with E-state index in [1.807, 2.05) is 57.8 Å². The van der Waals surface area contributed by atoms with Crippen molar-refractivity contribution in [2.75, 3.05) is 44.3 Å². The number of piperazine rings is 1. The Labute approximate surface area is 322 Å². The Bertz CT molecular complexity index is 3010. The molecule has 1 aliphatic rings. The van der Waals surface area contributed by atoms with E-state index in [-0.39, 0.29) is 35.4 Å². The molecule has 7 heterocycles. The number of carbonyl (C=O) groups is 3. The van der Waals surface area contributed by atoms with Crippen LogP contribution in [0.3, 0.4) is 0 Å². The van der Waals surface area contributed by atoms with E-state index in [2.05, 4.69) is 19.9 Å². The number of nitrogens with one attached hydrogen (secondary N) is 2. The van der Waals surface area contributed by atoms with Gasteiger partial charge in [0.1, 0.15) is 33.4 Å². The van der Waals surface area contributed by atoms with E-state index < -0.39 is 22.8 Å².